The summed E-state index contributed by atoms with van der Waals surface area (Å²) in [6.45, 7) is 3.62. The number of anilines is 1. The molecule has 2 amide bonds. The molecule has 0 radical (unpaired) electrons. The van der Waals surface area contributed by atoms with E-state index >= 15 is 0 Å². The predicted molar refractivity (Wildman–Crippen MR) is 131 cm³/mol. The average molecular weight is 542 g/mol. The first-order valence-electron chi connectivity index (χ1n) is 10.6. The lowest BCUT2D eigenvalue weighted by molar-refractivity contribution is -0.139. The van der Waals surface area contributed by atoms with E-state index in [2.05, 4.69) is 21.2 Å². The van der Waals surface area contributed by atoms with Crippen molar-refractivity contribution >= 4 is 43.5 Å². The number of carbonyl (C=O) groups is 2. The number of sulfonamides is 1. The van der Waals surface area contributed by atoms with E-state index in [1.54, 1.807) is 6.92 Å². The van der Waals surface area contributed by atoms with Crippen molar-refractivity contribution < 1.29 is 22.4 Å². The highest BCUT2D eigenvalue weighted by Crippen LogP contribution is 2.20. The van der Waals surface area contributed by atoms with Crippen LogP contribution in [0.25, 0.3) is 0 Å². The molecule has 0 saturated carbocycles. The van der Waals surface area contributed by atoms with Crippen molar-refractivity contribution in [2.24, 2.45) is 0 Å². The monoisotopic (exact) mass is 541 g/mol. The minimum absolute atomic E-state index is 0.0355. The first kappa shape index (κ1) is 26.8. The van der Waals surface area contributed by atoms with Crippen molar-refractivity contribution in [3.05, 3.63) is 64.4 Å². The Morgan fingerprint density at radius 1 is 1.15 bits per heavy atom. The maximum atomic E-state index is 13.7. The summed E-state index contributed by atoms with van der Waals surface area (Å²) in [5.41, 5.74) is 0.802. The summed E-state index contributed by atoms with van der Waals surface area (Å²) in [6, 6.07) is 11.5. The van der Waals surface area contributed by atoms with Gasteiger partial charge in [0, 0.05) is 17.6 Å². The van der Waals surface area contributed by atoms with Gasteiger partial charge in [0.15, 0.2) is 0 Å². The zero-order valence-electron chi connectivity index (χ0n) is 18.9. The van der Waals surface area contributed by atoms with E-state index < -0.39 is 34.3 Å². The Morgan fingerprint density at radius 2 is 1.85 bits per heavy atom. The van der Waals surface area contributed by atoms with Crippen LogP contribution in [0.3, 0.4) is 0 Å². The molecule has 0 saturated heterocycles. The largest absolute Gasteiger partial charge is 0.354 e. The molecule has 1 unspecified atom stereocenters. The second kappa shape index (κ2) is 12.1. The normalized spacial score (nSPS) is 12.2. The third-order valence-electron chi connectivity index (χ3n) is 5.01. The smallest absolute Gasteiger partial charge is 0.244 e. The molecule has 0 aliphatic carbocycles. The van der Waals surface area contributed by atoms with Crippen LogP contribution in [0.1, 0.15) is 32.3 Å². The van der Waals surface area contributed by atoms with E-state index in [-0.39, 0.29) is 18.1 Å². The van der Waals surface area contributed by atoms with E-state index in [9.17, 15) is 22.4 Å². The van der Waals surface area contributed by atoms with Gasteiger partial charge in [-0.1, -0.05) is 47.5 Å². The minimum Gasteiger partial charge on any atom is -0.354 e. The number of rotatable bonds is 11. The Bertz CT molecular complexity index is 1080. The fraction of sp³-hybridized carbons (Fsp3) is 0.391. The van der Waals surface area contributed by atoms with Crippen LogP contribution in [0.15, 0.2) is 53.0 Å². The van der Waals surface area contributed by atoms with Gasteiger partial charge in [-0.15, -0.1) is 0 Å². The molecule has 0 heterocycles. The van der Waals surface area contributed by atoms with E-state index in [0.717, 1.165) is 39.5 Å². The molecule has 0 bridgehead atoms. The first-order valence-corrected chi connectivity index (χ1v) is 13.2. The molecule has 2 aromatic rings. The van der Waals surface area contributed by atoms with Crippen LogP contribution in [0.4, 0.5) is 10.1 Å². The van der Waals surface area contributed by atoms with Gasteiger partial charge < -0.3 is 10.2 Å². The third kappa shape index (κ3) is 8.12. The molecular weight excluding hydrogens is 513 g/mol. The lowest BCUT2D eigenvalue weighted by Gasteiger charge is -2.31. The molecule has 2 rings (SSSR count). The molecular formula is C23H29BrFN3O4S. The number of unbranched alkanes of at least 4 members (excludes halogenated alkanes) is 1. The standard InChI is InChI=1S/C23H29BrFN3O4S/c1-4-5-12-26-23(30)17(2)27(15-18-8-6-9-19(24)13-18)22(29)16-28(33(3,31)32)21-11-7-10-20(25)14-21/h6-11,13-14,17H,4-5,12,15-16H2,1-3H3,(H,26,30). The maximum absolute atomic E-state index is 13.7. The molecule has 0 aliphatic heterocycles. The lowest BCUT2D eigenvalue weighted by Crippen LogP contribution is -2.51. The SMILES string of the molecule is CCCCNC(=O)C(C)N(Cc1cccc(Br)c1)C(=O)CN(c1cccc(F)c1)S(C)(=O)=O. The Labute approximate surface area is 203 Å². The lowest BCUT2D eigenvalue weighted by atomic mass is 10.1. The number of nitrogens with one attached hydrogen (secondary N) is 1. The van der Waals surface area contributed by atoms with Gasteiger partial charge in [-0.25, -0.2) is 12.8 Å². The van der Waals surface area contributed by atoms with Crippen LogP contribution < -0.4 is 9.62 Å². The summed E-state index contributed by atoms with van der Waals surface area (Å²) in [5.74, 6) is -1.53. The zero-order valence-corrected chi connectivity index (χ0v) is 21.3. The van der Waals surface area contributed by atoms with Crippen molar-refractivity contribution in [3.8, 4) is 0 Å². The number of nitrogens with zero attached hydrogens (tertiary/aromatic N) is 2. The fourth-order valence-electron chi connectivity index (χ4n) is 3.20. The van der Waals surface area contributed by atoms with Gasteiger partial charge in [0.2, 0.25) is 21.8 Å². The summed E-state index contributed by atoms with van der Waals surface area (Å²) >= 11 is 3.40. The molecule has 33 heavy (non-hydrogen) atoms. The van der Waals surface area contributed by atoms with Crippen LogP contribution in [-0.4, -0.2) is 50.5 Å². The first-order chi connectivity index (χ1) is 15.5. The number of halogens is 2. The number of hydrogen-bond donors (Lipinski definition) is 1. The Balaban J connectivity index is 2.34. The molecule has 0 aromatic heterocycles. The van der Waals surface area contributed by atoms with Crippen LogP contribution in [0.2, 0.25) is 0 Å². The topological polar surface area (TPSA) is 86.8 Å². The van der Waals surface area contributed by atoms with Gasteiger partial charge in [-0.3, -0.25) is 13.9 Å². The second-order valence-electron chi connectivity index (χ2n) is 7.72. The maximum Gasteiger partial charge on any atom is 0.244 e. The van der Waals surface area contributed by atoms with E-state index in [0.29, 0.717) is 6.54 Å². The molecule has 7 nitrogen and oxygen atoms in total. The Morgan fingerprint density at radius 3 is 2.45 bits per heavy atom. The van der Waals surface area contributed by atoms with Crippen molar-refractivity contribution in [3.63, 3.8) is 0 Å². The zero-order chi connectivity index (χ0) is 24.6. The van der Waals surface area contributed by atoms with Crippen molar-refractivity contribution in [1.29, 1.82) is 0 Å². The van der Waals surface area contributed by atoms with Crippen molar-refractivity contribution in [2.45, 2.75) is 39.3 Å². The van der Waals surface area contributed by atoms with E-state index in [4.69, 9.17) is 0 Å². The van der Waals surface area contributed by atoms with E-state index in [1.807, 2.05) is 31.2 Å². The highest BCUT2D eigenvalue weighted by atomic mass is 79.9. The van der Waals surface area contributed by atoms with Gasteiger partial charge in [0.1, 0.15) is 18.4 Å². The van der Waals surface area contributed by atoms with Gasteiger partial charge in [0.05, 0.1) is 11.9 Å². The molecule has 0 aliphatic rings. The van der Waals surface area contributed by atoms with Crippen LogP contribution in [0.5, 0.6) is 0 Å². The molecule has 1 atom stereocenters. The summed E-state index contributed by atoms with van der Waals surface area (Å²) in [7, 11) is -3.90. The second-order valence-corrected chi connectivity index (χ2v) is 10.5. The van der Waals surface area contributed by atoms with Crippen molar-refractivity contribution in [2.75, 3.05) is 23.7 Å². The van der Waals surface area contributed by atoms with Gasteiger partial charge in [0.25, 0.3) is 0 Å². The molecule has 0 fully saturated rings. The van der Waals surface area contributed by atoms with Gasteiger partial charge in [-0.05, 0) is 49.2 Å². The summed E-state index contributed by atoms with van der Waals surface area (Å²) in [6.07, 6.45) is 2.66. The van der Waals surface area contributed by atoms with Gasteiger partial charge >= 0.3 is 0 Å². The third-order valence-corrected chi connectivity index (χ3v) is 6.65. The summed E-state index contributed by atoms with van der Waals surface area (Å²) in [5, 5.41) is 2.82. The molecule has 0 spiro atoms. The molecule has 1 N–H and O–H groups in total. The average Bonchev–Trinajstić information content (AvgIpc) is 2.74. The number of hydrogen-bond acceptors (Lipinski definition) is 4. The highest BCUT2D eigenvalue weighted by Gasteiger charge is 2.30. The van der Waals surface area contributed by atoms with Crippen molar-refractivity contribution in [1.82, 2.24) is 10.2 Å². The number of benzene rings is 2. The molecule has 10 heteroatoms. The summed E-state index contributed by atoms with van der Waals surface area (Å²) < 4.78 is 40.3. The number of carbonyl (C=O) groups excluding carboxylic acids is 2. The predicted octanol–water partition coefficient (Wildman–Crippen LogP) is 3.69. The molecule has 180 valence electrons. The highest BCUT2D eigenvalue weighted by molar-refractivity contribution is 9.10. The molecule has 2 aromatic carbocycles. The van der Waals surface area contributed by atoms with Crippen LogP contribution in [0, 0.1) is 5.82 Å². The Kier molecular flexibility index (Phi) is 9.85. The quantitative estimate of drug-likeness (QED) is 0.439. The number of amides is 2. The summed E-state index contributed by atoms with van der Waals surface area (Å²) in [4.78, 5) is 27.4. The van der Waals surface area contributed by atoms with Gasteiger partial charge in [-0.2, -0.15) is 0 Å². The Hall–Kier alpha value is -2.46. The fourth-order valence-corrected chi connectivity index (χ4v) is 4.48. The van der Waals surface area contributed by atoms with Crippen LogP contribution >= 0.6 is 15.9 Å². The van der Waals surface area contributed by atoms with E-state index in [1.165, 1.54) is 23.1 Å². The van der Waals surface area contributed by atoms with Crippen LogP contribution in [-0.2, 0) is 26.2 Å². The minimum atomic E-state index is -3.90.